The number of hydrogen-bond donors (Lipinski definition) is 1. The van der Waals surface area contributed by atoms with Crippen LogP contribution in [0.1, 0.15) is 21.7 Å². The zero-order valence-corrected chi connectivity index (χ0v) is 19.0. The molecule has 0 aliphatic rings. The van der Waals surface area contributed by atoms with Gasteiger partial charge in [0.15, 0.2) is 5.82 Å². The van der Waals surface area contributed by atoms with Crippen LogP contribution in [0.2, 0.25) is 0 Å². The van der Waals surface area contributed by atoms with Gasteiger partial charge in [0.1, 0.15) is 5.75 Å². The van der Waals surface area contributed by atoms with Crippen molar-refractivity contribution in [3.05, 3.63) is 88.2 Å². The van der Waals surface area contributed by atoms with E-state index in [-0.39, 0.29) is 11.7 Å². The first kappa shape index (κ1) is 20.8. The van der Waals surface area contributed by atoms with Crippen LogP contribution < -0.4 is 10.1 Å². The highest BCUT2D eigenvalue weighted by molar-refractivity contribution is 9.10. The van der Waals surface area contributed by atoms with Crippen LogP contribution in [0.3, 0.4) is 0 Å². The first-order valence-corrected chi connectivity index (χ1v) is 10.5. The number of carbonyl (C=O) groups excluding carboxylic acids is 1. The Morgan fingerprint density at radius 1 is 1.00 bits per heavy atom. The highest BCUT2D eigenvalue weighted by Gasteiger charge is 2.19. The van der Waals surface area contributed by atoms with Gasteiger partial charge in [0.05, 0.1) is 12.8 Å². The number of nitrogens with one attached hydrogen (secondary N) is 1. The molecule has 1 heterocycles. The molecule has 0 fully saturated rings. The predicted molar refractivity (Wildman–Crippen MR) is 125 cm³/mol. The number of benzene rings is 3. The number of aryl methyl sites for hydroxylation is 2. The van der Waals surface area contributed by atoms with E-state index in [0.717, 1.165) is 38.3 Å². The lowest BCUT2D eigenvalue weighted by atomic mass is 10.1. The summed E-state index contributed by atoms with van der Waals surface area (Å²) in [5.41, 5.74) is 4.40. The minimum absolute atomic E-state index is 0.0923. The maximum absolute atomic E-state index is 13.0. The molecule has 4 aromatic rings. The van der Waals surface area contributed by atoms with E-state index in [1.165, 1.54) is 0 Å². The second-order valence-electron chi connectivity index (χ2n) is 7.15. The molecular formula is C24H21BrN4O2. The molecule has 0 saturated heterocycles. The molecule has 0 bridgehead atoms. The van der Waals surface area contributed by atoms with Crippen molar-refractivity contribution in [1.29, 1.82) is 0 Å². The average Bonchev–Trinajstić information content (AvgIpc) is 3.22. The van der Waals surface area contributed by atoms with Crippen LogP contribution in [0, 0.1) is 13.8 Å². The third kappa shape index (κ3) is 4.51. The van der Waals surface area contributed by atoms with Crippen molar-refractivity contribution in [2.75, 3.05) is 12.4 Å². The summed E-state index contributed by atoms with van der Waals surface area (Å²) in [6, 6.07) is 21.1. The van der Waals surface area contributed by atoms with E-state index < -0.39 is 0 Å². The van der Waals surface area contributed by atoms with Crippen molar-refractivity contribution in [2.45, 2.75) is 13.8 Å². The smallest absolute Gasteiger partial charge is 0.295 e. The highest BCUT2D eigenvalue weighted by atomic mass is 79.9. The van der Waals surface area contributed by atoms with Gasteiger partial charge >= 0.3 is 0 Å². The van der Waals surface area contributed by atoms with E-state index in [2.05, 4.69) is 31.3 Å². The second kappa shape index (κ2) is 8.73. The van der Waals surface area contributed by atoms with Gasteiger partial charge in [-0.3, -0.25) is 4.79 Å². The lowest BCUT2D eigenvalue weighted by molar-refractivity contribution is 0.101. The van der Waals surface area contributed by atoms with Crippen LogP contribution in [-0.4, -0.2) is 27.8 Å². The molecule has 1 aromatic heterocycles. The van der Waals surface area contributed by atoms with Gasteiger partial charge in [-0.25, -0.2) is 9.67 Å². The minimum Gasteiger partial charge on any atom is -0.497 e. The number of amides is 1. The van der Waals surface area contributed by atoms with Crippen LogP contribution in [-0.2, 0) is 0 Å². The van der Waals surface area contributed by atoms with Crippen molar-refractivity contribution in [3.8, 4) is 22.8 Å². The van der Waals surface area contributed by atoms with Gasteiger partial charge < -0.3 is 10.1 Å². The van der Waals surface area contributed by atoms with Crippen molar-refractivity contribution < 1.29 is 9.53 Å². The zero-order valence-electron chi connectivity index (χ0n) is 17.4. The summed E-state index contributed by atoms with van der Waals surface area (Å²) >= 11 is 3.45. The fraction of sp³-hybridized carbons (Fsp3) is 0.125. The summed E-state index contributed by atoms with van der Waals surface area (Å²) in [7, 11) is 1.62. The molecule has 1 N–H and O–H groups in total. The van der Waals surface area contributed by atoms with Gasteiger partial charge in [0, 0.05) is 15.7 Å². The van der Waals surface area contributed by atoms with Gasteiger partial charge in [-0.05, 0) is 67.4 Å². The Kier molecular flexibility index (Phi) is 5.86. The van der Waals surface area contributed by atoms with Crippen LogP contribution >= 0.6 is 15.9 Å². The number of aromatic nitrogens is 3. The zero-order chi connectivity index (χ0) is 22.0. The van der Waals surface area contributed by atoms with Gasteiger partial charge in [0.25, 0.3) is 5.91 Å². The van der Waals surface area contributed by atoms with E-state index in [4.69, 9.17) is 4.74 Å². The maximum Gasteiger partial charge on any atom is 0.295 e. The molecule has 31 heavy (non-hydrogen) atoms. The summed E-state index contributed by atoms with van der Waals surface area (Å²) in [6.07, 6.45) is 0. The van der Waals surface area contributed by atoms with E-state index in [1.54, 1.807) is 11.8 Å². The summed E-state index contributed by atoms with van der Waals surface area (Å²) < 4.78 is 7.87. The van der Waals surface area contributed by atoms with Crippen molar-refractivity contribution in [3.63, 3.8) is 0 Å². The SMILES string of the molecule is COc1ccc(-n2nc(C(=O)Nc3cc(C)ccc3C)nc2-c2ccc(Br)cc2)cc1. The van der Waals surface area contributed by atoms with Gasteiger partial charge in [-0.1, -0.05) is 40.2 Å². The topological polar surface area (TPSA) is 69.0 Å². The van der Waals surface area contributed by atoms with Crippen LogP contribution in [0.4, 0.5) is 5.69 Å². The minimum atomic E-state index is -0.362. The second-order valence-corrected chi connectivity index (χ2v) is 8.06. The molecule has 3 aromatic carbocycles. The Morgan fingerprint density at radius 2 is 1.71 bits per heavy atom. The lowest BCUT2D eigenvalue weighted by Crippen LogP contribution is -2.15. The molecule has 0 spiro atoms. The van der Waals surface area contributed by atoms with Crippen LogP contribution in [0.25, 0.3) is 17.1 Å². The summed E-state index contributed by atoms with van der Waals surface area (Å²) in [5.74, 6) is 1.04. The molecule has 156 valence electrons. The first-order valence-electron chi connectivity index (χ1n) is 9.70. The van der Waals surface area contributed by atoms with Crippen LogP contribution in [0.5, 0.6) is 5.75 Å². The number of rotatable bonds is 5. The Morgan fingerprint density at radius 3 is 2.39 bits per heavy atom. The van der Waals surface area contributed by atoms with Crippen molar-refractivity contribution >= 4 is 27.5 Å². The molecule has 0 radical (unpaired) electrons. The molecule has 6 nitrogen and oxygen atoms in total. The third-order valence-corrected chi connectivity index (χ3v) is 5.40. The third-order valence-electron chi connectivity index (χ3n) is 4.87. The Bertz CT molecular complexity index is 1230. The standard InChI is InChI=1S/C24H21BrN4O2/c1-15-4-5-16(2)21(14-15)26-24(30)22-27-23(17-6-8-18(25)9-7-17)29(28-22)19-10-12-20(31-3)13-11-19/h4-14H,1-3H3,(H,26,30). The summed E-state index contributed by atoms with van der Waals surface area (Å²) in [4.78, 5) is 17.6. The Hall–Kier alpha value is -3.45. The van der Waals surface area contributed by atoms with Crippen molar-refractivity contribution in [1.82, 2.24) is 14.8 Å². The number of methoxy groups -OCH3 is 1. The van der Waals surface area contributed by atoms with E-state index in [0.29, 0.717) is 5.82 Å². The Balaban J connectivity index is 1.75. The fourth-order valence-electron chi connectivity index (χ4n) is 3.15. The fourth-order valence-corrected chi connectivity index (χ4v) is 3.41. The number of hydrogen-bond acceptors (Lipinski definition) is 4. The summed E-state index contributed by atoms with van der Waals surface area (Å²) in [5, 5.41) is 7.46. The van der Waals surface area contributed by atoms with E-state index >= 15 is 0 Å². The highest BCUT2D eigenvalue weighted by Crippen LogP contribution is 2.25. The Labute approximate surface area is 189 Å². The largest absolute Gasteiger partial charge is 0.497 e. The van der Waals surface area contributed by atoms with Crippen molar-refractivity contribution in [2.24, 2.45) is 0 Å². The quantitative estimate of drug-likeness (QED) is 0.408. The maximum atomic E-state index is 13.0. The monoisotopic (exact) mass is 476 g/mol. The van der Waals surface area contributed by atoms with Gasteiger partial charge in [0.2, 0.25) is 5.82 Å². The molecule has 0 unspecified atom stereocenters. The van der Waals surface area contributed by atoms with Gasteiger partial charge in [-0.15, -0.1) is 5.10 Å². The molecule has 4 rings (SSSR count). The average molecular weight is 477 g/mol. The molecule has 1 amide bonds. The van der Waals surface area contributed by atoms with Gasteiger partial charge in [-0.2, -0.15) is 0 Å². The predicted octanol–water partition coefficient (Wildman–Crippen LogP) is 5.57. The number of carbonyl (C=O) groups is 1. The molecule has 0 saturated carbocycles. The number of anilines is 1. The van der Waals surface area contributed by atoms with E-state index in [1.807, 2.05) is 80.6 Å². The van der Waals surface area contributed by atoms with Crippen LogP contribution in [0.15, 0.2) is 71.2 Å². The number of ether oxygens (including phenoxy) is 1. The normalized spacial score (nSPS) is 10.7. The number of nitrogens with zero attached hydrogens (tertiary/aromatic N) is 3. The molecule has 0 aliphatic heterocycles. The lowest BCUT2D eigenvalue weighted by Gasteiger charge is -2.07. The number of halogens is 1. The molecule has 0 aliphatic carbocycles. The molecular weight excluding hydrogens is 456 g/mol. The van der Waals surface area contributed by atoms with E-state index in [9.17, 15) is 4.79 Å². The first-order chi connectivity index (χ1) is 14.9. The molecule has 7 heteroatoms. The molecule has 0 atom stereocenters. The summed E-state index contributed by atoms with van der Waals surface area (Å²) in [6.45, 7) is 3.93.